The fourth-order valence-corrected chi connectivity index (χ4v) is 9.87. The highest BCUT2D eigenvalue weighted by molar-refractivity contribution is 7.80. The van der Waals surface area contributed by atoms with Crippen LogP contribution in [0.25, 0.3) is 0 Å². The Kier molecular flexibility index (Phi) is 23.1. The van der Waals surface area contributed by atoms with Crippen LogP contribution in [-0.2, 0) is 51.2 Å². The number of nitrogens with zero attached hydrogens (tertiary/aromatic N) is 5. The Labute approximate surface area is 446 Å². The molecule has 0 saturated carbocycles. The van der Waals surface area contributed by atoms with E-state index >= 15 is 0 Å². The number of amides is 7. The van der Waals surface area contributed by atoms with E-state index in [-0.39, 0.29) is 80.5 Å². The van der Waals surface area contributed by atoms with Crippen molar-refractivity contribution >= 4 is 76.4 Å². The first-order valence-electron chi connectivity index (χ1n) is 25.6. The standard InChI is InChI=1S/C50H73N15O10S/c51-32(16-7-21-56-49(52)53)45(71)65-25-11-20-39(65)47(73)64-24-10-19-38(64)44(76)58-28-40(67)59-34(26-30-12-3-1-4-13-30)41(68)62-36(29-66)46(72)63-23-9-18-37(63)43(70)61-35(27-31-14-5-2-6-15-31)42(69)60-33(48(74)75)17-8-22-57-50(54)55/h1-6,12-15,32-39,66H,7-11,16-29,51H2,(H,58,76)(H,59,67)(H,60,69)(H,61,70)(H,62,68)(H,74,75)(H4,52,53,56)(H4,54,55,57)/t32-,33-,34-,35-,36-,37-,38-,39-/m0/s1. The number of carboxylic acids is 1. The van der Waals surface area contributed by atoms with Gasteiger partial charge in [-0.3, -0.25) is 43.5 Å². The number of aliphatic hydroxyl groups excluding tert-OH is 1. The van der Waals surface area contributed by atoms with E-state index in [1.54, 1.807) is 65.6 Å². The third kappa shape index (κ3) is 17.6. The van der Waals surface area contributed by atoms with Crippen LogP contribution >= 0.6 is 12.2 Å². The van der Waals surface area contributed by atoms with E-state index in [1.807, 2.05) is 0 Å². The molecule has 0 unspecified atom stereocenters. The van der Waals surface area contributed by atoms with Crippen LogP contribution in [0, 0.1) is 0 Å². The van der Waals surface area contributed by atoms with Gasteiger partial charge in [-0.2, -0.15) is 0 Å². The van der Waals surface area contributed by atoms with Gasteiger partial charge < -0.3 is 80.2 Å². The molecule has 0 aromatic heterocycles. The number of hydrogen-bond acceptors (Lipinski definition) is 13. The van der Waals surface area contributed by atoms with Gasteiger partial charge in [-0.05, 0) is 75.3 Å². The molecule has 3 saturated heterocycles. The van der Waals surface area contributed by atoms with Gasteiger partial charge in [-0.15, -0.1) is 0 Å². The number of rotatable bonds is 27. The molecule has 25 nitrogen and oxygen atoms in total. The van der Waals surface area contributed by atoms with Crippen molar-refractivity contribution in [3.63, 3.8) is 0 Å². The second-order valence-corrected chi connectivity index (χ2v) is 19.4. The minimum Gasteiger partial charge on any atom is -0.480 e. The minimum atomic E-state index is -1.55. The predicted molar refractivity (Wildman–Crippen MR) is 285 cm³/mol. The highest BCUT2D eigenvalue weighted by Gasteiger charge is 2.43. The highest BCUT2D eigenvalue weighted by Crippen LogP contribution is 2.26. The molecule has 0 bridgehead atoms. The lowest BCUT2D eigenvalue weighted by molar-refractivity contribution is -0.144. The van der Waals surface area contributed by atoms with Crippen LogP contribution in [-0.4, -0.2) is 183 Å². The van der Waals surface area contributed by atoms with Crippen LogP contribution < -0.4 is 55.3 Å². The molecule has 17 N–H and O–H groups in total. The van der Waals surface area contributed by atoms with Crippen LogP contribution in [0.1, 0.15) is 75.3 Å². The molecule has 3 fully saturated rings. The van der Waals surface area contributed by atoms with Gasteiger partial charge in [0, 0.05) is 45.6 Å². The summed E-state index contributed by atoms with van der Waals surface area (Å²) >= 11 is 5.73. The summed E-state index contributed by atoms with van der Waals surface area (Å²) in [5, 5.41) is 33.9. The van der Waals surface area contributed by atoms with E-state index in [9.17, 15) is 48.6 Å². The Morgan fingerprint density at radius 1 is 0.618 bits per heavy atom. The monoisotopic (exact) mass is 1080 g/mol. The fourth-order valence-electron chi connectivity index (χ4n) is 9.55. The number of thiocarbonyl (C=S) groups is 1. The molecule has 7 amide bonds. The SMILES string of the molecule is NC(N)=NCCC[C@H](NC(=O)[C@H](Cc1ccccc1)NC(=O)[C@@H]1CCCN1C(=O)[C@H](CO)NC(=O)[C@H](Cc1ccccc1)NC(=O)CNC(=S)[C@@H]1CCCN1C(=O)[C@@H]1CCCN1C(=O)[C@@H](N)CCCN=C(N)N)C(=O)O. The summed E-state index contributed by atoms with van der Waals surface area (Å²) in [6, 6.07) is 8.83. The van der Waals surface area contributed by atoms with E-state index in [4.69, 9.17) is 40.9 Å². The van der Waals surface area contributed by atoms with Crippen molar-refractivity contribution in [1.29, 1.82) is 0 Å². The molecule has 3 aliphatic rings. The summed E-state index contributed by atoms with van der Waals surface area (Å²) < 4.78 is 0. The molecule has 2 aromatic carbocycles. The van der Waals surface area contributed by atoms with E-state index in [0.717, 1.165) is 0 Å². The number of likely N-dealkylation sites (tertiary alicyclic amines) is 3. The van der Waals surface area contributed by atoms with Gasteiger partial charge in [-0.25, -0.2) is 4.79 Å². The van der Waals surface area contributed by atoms with Crippen molar-refractivity contribution in [1.82, 2.24) is 41.3 Å². The second kappa shape index (κ2) is 29.6. The third-order valence-electron chi connectivity index (χ3n) is 13.4. The molecule has 0 radical (unpaired) electrons. The molecule has 2 aromatic rings. The number of aliphatic imine (C=N–C) groups is 2. The lowest BCUT2D eigenvalue weighted by Crippen LogP contribution is -2.60. The first-order chi connectivity index (χ1) is 36.4. The molecule has 76 heavy (non-hydrogen) atoms. The smallest absolute Gasteiger partial charge is 0.326 e. The number of aliphatic carboxylic acids is 1. The molecular weight excluding hydrogens is 1000 g/mol. The fraction of sp³-hybridized carbons (Fsp3) is 0.540. The second-order valence-electron chi connectivity index (χ2n) is 19.0. The van der Waals surface area contributed by atoms with Gasteiger partial charge >= 0.3 is 5.97 Å². The number of benzene rings is 2. The Balaban J connectivity index is 1.21. The van der Waals surface area contributed by atoms with E-state index in [0.29, 0.717) is 75.7 Å². The molecule has 8 atom stereocenters. The van der Waals surface area contributed by atoms with Gasteiger partial charge in [-0.1, -0.05) is 72.9 Å². The average molecular weight is 1080 g/mol. The predicted octanol–water partition coefficient (Wildman–Crippen LogP) is -3.19. The molecular formula is C50H73N15O10S. The van der Waals surface area contributed by atoms with Crippen molar-refractivity contribution in [2.45, 2.75) is 125 Å². The normalized spacial score (nSPS) is 19.0. The summed E-state index contributed by atoms with van der Waals surface area (Å²) in [5.74, 6) is -5.86. The van der Waals surface area contributed by atoms with Crippen LogP contribution in [0.5, 0.6) is 0 Å². The Hall–Kier alpha value is -7.45. The highest BCUT2D eigenvalue weighted by atomic mass is 32.1. The summed E-state index contributed by atoms with van der Waals surface area (Å²) in [7, 11) is 0. The first-order valence-corrected chi connectivity index (χ1v) is 26.0. The van der Waals surface area contributed by atoms with Crippen molar-refractivity contribution in [3.05, 3.63) is 71.8 Å². The van der Waals surface area contributed by atoms with Crippen molar-refractivity contribution in [2.24, 2.45) is 38.7 Å². The number of nitrogens with one attached hydrogen (secondary N) is 5. The number of guanidine groups is 2. The molecule has 3 aliphatic heterocycles. The van der Waals surface area contributed by atoms with E-state index in [2.05, 4.69) is 36.6 Å². The molecule has 0 spiro atoms. The summed E-state index contributed by atoms with van der Waals surface area (Å²) in [4.78, 5) is 122. The zero-order valence-corrected chi connectivity index (χ0v) is 43.3. The molecule has 3 heterocycles. The molecule has 26 heteroatoms. The molecule has 414 valence electrons. The van der Waals surface area contributed by atoms with E-state index < -0.39 is 90.4 Å². The Morgan fingerprint density at radius 2 is 1.11 bits per heavy atom. The maximum Gasteiger partial charge on any atom is 0.326 e. The Morgan fingerprint density at radius 3 is 1.64 bits per heavy atom. The number of carbonyl (C=O) groups is 8. The number of nitrogens with two attached hydrogens (primary N) is 5. The maximum atomic E-state index is 14.2. The number of hydrogen-bond donors (Lipinski definition) is 12. The van der Waals surface area contributed by atoms with Gasteiger partial charge in [0.25, 0.3) is 0 Å². The lowest BCUT2D eigenvalue weighted by Gasteiger charge is -2.33. The number of carboxylic acid groups (broad SMARTS) is 1. The maximum absolute atomic E-state index is 14.2. The minimum absolute atomic E-state index is 0.0126. The van der Waals surface area contributed by atoms with Gasteiger partial charge in [0.15, 0.2) is 11.9 Å². The van der Waals surface area contributed by atoms with Crippen molar-refractivity contribution in [3.8, 4) is 0 Å². The van der Waals surface area contributed by atoms with Crippen LogP contribution in [0.4, 0.5) is 0 Å². The quantitative estimate of drug-likeness (QED) is 0.0182. The zero-order valence-electron chi connectivity index (χ0n) is 42.5. The van der Waals surface area contributed by atoms with Crippen LogP contribution in [0.2, 0.25) is 0 Å². The number of aliphatic hydroxyl groups is 1. The van der Waals surface area contributed by atoms with Gasteiger partial charge in [0.1, 0.15) is 36.3 Å². The van der Waals surface area contributed by atoms with Crippen LogP contribution in [0.15, 0.2) is 70.6 Å². The average Bonchev–Trinajstić information content (AvgIpc) is 4.22. The molecule has 0 aliphatic carbocycles. The van der Waals surface area contributed by atoms with Crippen LogP contribution in [0.3, 0.4) is 0 Å². The largest absolute Gasteiger partial charge is 0.480 e. The topological polar surface area (TPSA) is 402 Å². The summed E-state index contributed by atoms with van der Waals surface area (Å²) in [6.45, 7) is 0.0294. The summed E-state index contributed by atoms with van der Waals surface area (Å²) in [5.41, 5.74) is 29.1. The molecule has 5 rings (SSSR count). The summed E-state index contributed by atoms with van der Waals surface area (Å²) in [6.07, 6.45) is 3.76. The first kappa shape index (κ1) is 59.4. The zero-order chi connectivity index (χ0) is 55.3. The third-order valence-corrected chi connectivity index (χ3v) is 13.8. The van der Waals surface area contributed by atoms with Crippen molar-refractivity contribution in [2.75, 3.05) is 45.9 Å². The number of carbonyl (C=O) groups excluding carboxylic acids is 7. The Bertz CT molecular complexity index is 2410. The van der Waals surface area contributed by atoms with Gasteiger partial charge in [0.05, 0.1) is 30.2 Å². The van der Waals surface area contributed by atoms with Gasteiger partial charge in [0.2, 0.25) is 41.4 Å². The van der Waals surface area contributed by atoms with Crippen molar-refractivity contribution < 1.29 is 48.6 Å². The van der Waals surface area contributed by atoms with E-state index in [1.165, 1.54) is 9.80 Å². The lowest BCUT2D eigenvalue weighted by atomic mass is 10.0.